The molecule has 1 aliphatic heterocycles. The van der Waals surface area contributed by atoms with Crippen LogP contribution in [0.3, 0.4) is 0 Å². The molecule has 506 valence electrons. The third-order valence-electron chi connectivity index (χ3n) is 19.4. The van der Waals surface area contributed by atoms with Gasteiger partial charge >= 0.3 is 35.8 Å². The SMILES string of the molecule is COc1cc2c(c(OC)c1OC(=O)CCC(=O)O[C@@H](C(=O)O[C@H]1C[C@@]3(O)[C@@H](OC(=O)c4ccccc4)[C@@H]4[C@]5(OC(C)=O)CO[C@@H]5C[C@H](O)[C@@]4(C)C(=O)[C@H](OC(C)=O)C(=C1C)C3(C)C)[C@@H](NC(=O)c1ccccc1)c1ccccc1)-c1ccc(OC)c(=O)cc1[C@@H](NC(C)=O)CC2. The number of rotatable bonds is 19. The van der Waals surface area contributed by atoms with E-state index in [1.807, 2.05) is 0 Å². The van der Waals surface area contributed by atoms with Crippen molar-refractivity contribution in [3.05, 3.63) is 164 Å². The van der Waals surface area contributed by atoms with E-state index in [2.05, 4.69) is 10.6 Å². The maximum atomic E-state index is 16.0. The Morgan fingerprint density at radius 2 is 1.36 bits per heavy atom. The lowest BCUT2D eigenvalue weighted by molar-refractivity contribution is -0.346. The van der Waals surface area contributed by atoms with Gasteiger partial charge in [-0.1, -0.05) is 86.6 Å². The lowest BCUT2D eigenvalue weighted by atomic mass is 9.44. The van der Waals surface area contributed by atoms with Crippen LogP contribution in [0.1, 0.15) is 130 Å². The molecule has 5 aromatic carbocycles. The average Bonchev–Trinajstić information content (AvgIpc) is 0.773. The van der Waals surface area contributed by atoms with Crippen molar-refractivity contribution in [1.29, 1.82) is 0 Å². The molecule has 0 spiro atoms. The number of carbonyl (C=O) groups is 9. The highest BCUT2D eigenvalue weighted by Gasteiger charge is 2.78. The highest BCUT2D eigenvalue weighted by Crippen LogP contribution is 2.65. The number of amides is 2. The smallest absolute Gasteiger partial charge is 0.350 e. The van der Waals surface area contributed by atoms with E-state index in [0.29, 0.717) is 35.1 Å². The van der Waals surface area contributed by atoms with Gasteiger partial charge < -0.3 is 68.2 Å². The fraction of sp³-hybridized carbons (Fsp3) is 0.417. The van der Waals surface area contributed by atoms with Gasteiger partial charge in [0.25, 0.3) is 5.91 Å². The lowest BCUT2D eigenvalue weighted by Crippen LogP contribution is -2.82. The quantitative estimate of drug-likeness (QED) is 0.0284. The zero-order valence-corrected chi connectivity index (χ0v) is 54.7. The highest BCUT2D eigenvalue weighted by molar-refractivity contribution is 5.97. The normalized spacial score (nSPS) is 25.7. The first kappa shape index (κ1) is 69.1. The average molecular weight is 1320 g/mol. The summed E-state index contributed by atoms with van der Waals surface area (Å²) in [6.45, 7) is 8.96. The van der Waals surface area contributed by atoms with Gasteiger partial charge in [0.05, 0.1) is 69.8 Å². The number of aliphatic hydroxyl groups excluding tert-OH is 1. The van der Waals surface area contributed by atoms with Crippen LogP contribution in [-0.4, -0.2) is 139 Å². The second-order valence-electron chi connectivity index (χ2n) is 25.3. The van der Waals surface area contributed by atoms with E-state index in [1.54, 1.807) is 78.9 Å². The van der Waals surface area contributed by atoms with E-state index in [1.165, 1.54) is 92.3 Å². The molecule has 12 atom stereocenters. The predicted octanol–water partition coefficient (Wildman–Crippen LogP) is 6.85. The summed E-state index contributed by atoms with van der Waals surface area (Å²) in [7, 11) is 4.01. The van der Waals surface area contributed by atoms with Gasteiger partial charge in [0.2, 0.25) is 23.2 Å². The first-order chi connectivity index (χ1) is 45.6. The Balaban J connectivity index is 1.04. The number of ketones is 1. The van der Waals surface area contributed by atoms with Gasteiger partial charge in [-0.2, -0.15) is 0 Å². The summed E-state index contributed by atoms with van der Waals surface area (Å²) in [5.74, 6) is -10.3. The number of benzene rings is 4. The Hall–Kier alpha value is -9.78. The van der Waals surface area contributed by atoms with Gasteiger partial charge in [0, 0.05) is 50.2 Å². The van der Waals surface area contributed by atoms with Gasteiger partial charge in [-0.3, -0.25) is 38.4 Å². The number of nitrogens with one attached hydrogen (secondary N) is 2. The number of esters is 6. The van der Waals surface area contributed by atoms with E-state index in [0.717, 1.165) is 13.8 Å². The summed E-state index contributed by atoms with van der Waals surface area (Å²) in [5, 5.41) is 32.3. The van der Waals surface area contributed by atoms with Gasteiger partial charge in [0.15, 0.2) is 34.7 Å². The highest BCUT2D eigenvalue weighted by atomic mass is 16.6. The zero-order valence-electron chi connectivity index (χ0n) is 54.7. The molecule has 10 rings (SSSR count). The van der Waals surface area contributed by atoms with Gasteiger partial charge in [-0.15, -0.1) is 0 Å². The number of hydrogen-bond donors (Lipinski definition) is 4. The third kappa shape index (κ3) is 12.7. The van der Waals surface area contributed by atoms with Crippen LogP contribution in [0.2, 0.25) is 0 Å². The molecule has 1 heterocycles. The zero-order chi connectivity index (χ0) is 69.3. The number of fused-ring (bicyclic) bond motifs is 8. The number of aliphatic hydroxyl groups is 2. The van der Waals surface area contributed by atoms with Crippen molar-refractivity contribution in [2.45, 2.75) is 147 Å². The fourth-order valence-electron chi connectivity index (χ4n) is 14.6. The molecule has 2 saturated carbocycles. The maximum Gasteiger partial charge on any atom is 0.350 e. The van der Waals surface area contributed by atoms with E-state index in [-0.39, 0.29) is 63.2 Å². The molecular formula is C72H76N2O22. The number of Topliss-reactive ketones (excluding diaryl/α,β-unsaturated/α-hetero) is 1. The number of hydrogen-bond acceptors (Lipinski definition) is 22. The Bertz CT molecular complexity index is 4010. The van der Waals surface area contributed by atoms with Crippen LogP contribution in [0.15, 0.2) is 131 Å². The Labute approximate surface area is 552 Å². The Morgan fingerprint density at radius 3 is 1.96 bits per heavy atom. The molecule has 24 heteroatoms. The summed E-state index contributed by atoms with van der Waals surface area (Å²) in [4.78, 5) is 142. The maximum absolute atomic E-state index is 16.0. The number of carbonyl (C=O) groups excluding carboxylic acids is 9. The van der Waals surface area contributed by atoms with Gasteiger partial charge in [0.1, 0.15) is 30.0 Å². The molecular weight excluding hydrogens is 1240 g/mol. The first-order valence-corrected chi connectivity index (χ1v) is 31.3. The second-order valence-corrected chi connectivity index (χ2v) is 25.3. The van der Waals surface area contributed by atoms with E-state index < -0.39 is 155 Å². The molecule has 1 saturated heterocycles. The van der Waals surface area contributed by atoms with E-state index in [4.69, 9.17) is 47.4 Å². The van der Waals surface area contributed by atoms with Crippen molar-refractivity contribution in [3.63, 3.8) is 0 Å². The van der Waals surface area contributed by atoms with Crippen LogP contribution in [0, 0.1) is 16.7 Å². The molecule has 96 heavy (non-hydrogen) atoms. The van der Waals surface area contributed by atoms with Crippen molar-refractivity contribution in [2.75, 3.05) is 27.9 Å². The predicted molar refractivity (Wildman–Crippen MR) is 339 cm³/mol. The number of aryl methyl sites for hydroxylation is 1. The van der Waals surface area contributed by atoms with Crippen molar-refractivity contribution >= 4 is 53.4 Å². The molecule has 5 aliphatic rings. The Morgan fingerprint density at radius 1 is 0.729 bits per heavy atom. The van der Waals surface area contributed by atoms with E-state index in [9.17, 15) is 48.6 Å². The van der Waals surface area contributed by atoms with Crippen molar-refractivity contribution < 1.29 is 101 Å². The summed E-state index contributed by atoms with van der Waals surface area (Å²) in [6.07, 6.45) is -12.5. The molecule has 4 aliphatic carbocycles. The van der Waals surface area contributed by atoms with Crippen molar-refractivity contribution in [1.82, 2.24) is 10.6 Å². The third-order valence-corrected chi connectivity index (χ3v) is 19.4. The van der Waals surface area contributed by atoms with Crippen LogP contribution in [-0.2, 0) is 68.4 Å². The standard InChI is InChI=1S/C72H76N2O22/c1-37-51(35-72(86)65(95-67(84)43-24-18-13-19-25-43)63-70(7,52(79)34-53-71(63,36-90-53)96-40(4)77)64(82)61(91-39(3)76)57(37)69(72,5)6)92-68(85)62(58(41-20-14-11-15-21-41)74-66(83)42-22-16-12-17-23-42)94-55(81)31-30-54(80)93-59-50(88-9)32-44-26-28-47(73-38(2)75)46-33-48(78)49(87-8)29-27-45(46)56(44)60(59)89-10/h11-25,27,29,32-33,47,51-53,58,61-63,65,79,86H,26,28,30-31,34-36H2,1-10H3,(H,73,75)(H,74,83)/t47-,51-,52-,53+,58-,61+,62+,63-,65-,70+,71-,72+/m0/s1. The van der Waals surface area contributed by atoms with Crippen molar-refractivity contribution in [2.24, 2.45) is 16.7 Å². The summed E-state index contributed by atoms with van der Waals surface area (Å²) in [6, 6.07) is 27.3. The molecule has 5 aromatic rings. The first-order valence-electron chi connectivity index (χ1n) is 31.3. The molecule has 3 fully saturated rings. The van der Waals surface area contributed by atoms with Crippen LogP contribution in [0.25, 0.3) is 11.1 Å². The minimum atomic E-state index is -2.58. The minimum absolute atomic E-state index is 0.00138. The van der Waals surface area contributed by atoms with Gasteiger partial charge in [-0.25, -0.2) is 9.59 Å². The van der Waals surface area contributed by atoms with Crippen LogP contribution >= 0.6 is 0 Å². The van der Waals surface area contributed by atoms with Gasteiger partial charge in [-0.05, 0) is 103 Å². The molecule has 0 unspecified atom stereocenters. The van der Waals surface area contributed by atoms with Crippen LogP contribution in [0.5, 0.6) is 23.0 Å². The summed E-state index contributed by atoms with van der Waals surface area (Å²) < 4.78 is 60.4. The largest absolute Gasteiger partial charge is 0.493 e. The minimum Gasteiger partial charge on any atom is -0.493 e. The number of ether oxygens (including phenoxy) is 10. The molecule has 0 radical (unpaired) electrons. The summed E-state index contributed by atoms with van der Waals surface area (Å²) in [5.41, 5.74) is -6.80. The monoisotopic (exact) mass is 1320 g/mol. The molecule has 4 N–H and O–H groups in total. The lowest BCUT2D eigenvalue weighted by Gasteiger charge is -2.67. The Kier molecular flexibility index (Phi) is 19.8. The fourth-order valence-corrected chi connectivity index (χ4v) is 14.6. The van der Waals surface area contributed by atoms with Crippen LogP contribution in [0.4, 0.5) is 0 Å². The molecule has 2 bridgehead atoms. The molecule has 0 aromatic heterocycles. The number of methoxy groups -OCH3 is 3. The van der Waals surface area contributed by atoms with Crippen LogP contribution < -0.4 is 35.0 Å². The topological polar surface area (TPSA) is 328 Å². The van der Waals surface area contributed by atoms with E-state index >= 15 is 9.59 Å². The summed E-state index contributed by atoms with van der Waals surface area (Å²) >= 11 is 0. The molecule has 2 amide bonds. The molecule has 24 nitrogen and oxygen atoms in total. The van der Waals surface area contributed by atoms with Crippen molar-refractivity contribution in [3.8, 4) is 34.1 Å². The second kappa shape index (κ2) is 27.5.